The molecule has 114 valence electrons. The van der Waals surface area contributed by atoms with E-state index >= 15 is 0 Å². The topological polar surface area (TPSA) is 88.9 Å². The number of fused-ring (bicyclic) bond motifs is 1. The molecule has 0 aliphatic carbocycles. The van der Waals surface area contributed by atoms with Gasteiger partial charge in [0.15, 0.2) is 5.82 Å². The molecule has 1 saturated heterocycles. The van der Waals surface area contributed by atoms with Crippen LogP contribution in [0.5, 0.6) is 0 Å². The van der Waals surface area contributed by atoms with Crippen LogP contribution in [0.4, 0.5) is 5.82 Å². The number of nitrogens with one attached hydrogen (secondary N) is 2. The quantitative estimate of drug-likeness (QED) is 0.752. The van der Waals surface area contributed by atoms with Gasteiger partial charge < -0.3 is 19.6 Å². The Bertz CT molecular complexity index is 760. The van der Waals surface area contributed by atoms with Gasteiger partial charge in [0.2, 0.25) is 0 Å². The van der Waals surface area contributed by atoms with Crippen LogP contribution in [0.2, 0.25) is 0 Å². The Balaban J connectivity index is 1.34. The molecule has 0 saturated carbocycles. The third kappa shape index (κ3) is 2.67. The number of H-pyrrole nitrogens is 1. The largest absolute Gasteiger partial charge is 0.370 e. The van der Waals surface area contributed by atoms with Gasteiger partial charge in [-0.05, 0) is 31.0 Å². The van der Waals surface area contributed by atoms with Gasteiger partial charge >= 0.3 is 0 Å². The number of pyridine rings is 1. The lowest BCUT2D eigenvalue weighted by atomic mass is 10.2. The maximum absolute atomic E-state index is 5.53. The minimum atomic E-state index is -0.0221. The first-order valence-electron chi connectivity index (χ1n) is 7.50. The summed E-state index contributed by atoms with van der Waals surface area (Å²) >= 11 is 0. The van der Waals surface area contributed by atoms with E-state index in [0.717, 1.165) is 36.3 Å². The van der Waals surface area contributed by atoms with Crippen molar-refractivity contribution in [1.29, 1.82) is 0 Å². The summed E-state index contributed by atoms with van der Waals surface area (Å²) in [6.07, 6.45) is 4.55. The highest BCUT2D eigenvalue weighted by Gasteiger charge is 2.23. The zero-order chi connectivity index (χ0) is 14.8. The van der Waals surface area contributed by atoms with Crippen LogP contribution in [-0.2, 0) is 11.2 Å². The van der Waals surface area contributed by atoms with Crippen LogP contribution in [0, 0.1) is 0 Å². The second-order valence-electron chi connectivity index (χ2n) is 5.34. The number of ether oxygens (including phenoxy) is 1. The minimum Gasteiger partial charge on any atom is -0.370 e. The molecule has 1 fully saturated rings. The lowest BCUT2D eigenvalue weighted by Gasteiger charge is -2.03. The number of nitrogens with zero attached hydrogens (tertiary/aromatic N) is 3. The van der Waals surface area contributed by atoms with E-state index < -0.39 is 0 Å². The molecule has 1 aliphatic rings. The first-order chi connectivity index (χ1) is 10.9. The number of anilines is 1. The molecule has 22 heavy (non-hydrogen) atoms. The number of hydrogen-bond acceptors (Lipinski definition) is 6. The molecule has 0 aromatic carbocycles. The molecule has 3 aromatic heterocycles. The summed E-state index contributed by atoms with van der Waals surface area (Å²) in [6.45, 7) is 1.47. The van der Waals surface area contributed by atoms with E-state index in [4.69, 9.17) is 9.26 Å². The van der Waals surface area contributed by atoms with E-state index in [-0.39, 0.29) is 6.10 Å². The lowest BCUT2D eigenvalue weighted by Crippen LogP contribution is -2.07. The van der Waals surface area contributed by atoms with E-state index in [1.165, 1.54) is 0 Å². The van der Waals surface area contributed by atoms with Gasteiger partial charge in [0.05, 0.1) is 0 Å². The zero-order valence-electron chi connectivity index (χ0n) is 12.1. The third-order valence-corrected chi connectivity index (χ3v) is 3.75. The van der Waals surface area contributed by atoms with Gasteiger partial charge in [-0.25, -0.2) is 4.98 Å². The van der Waals surface area contributed by atoms with Crippen LogP contribution in [-0.4, -0.2) is 33.3 Å². The van der Waals surface area contributed by atoms with Crippen molar-refractivity contribution in [2.45, 2.75) is 25.4 Å². The van der Waals surface area contributed by atoms with Gasteiger partial charge in [0.25, 0.3) is 5.89 Å². The molecule has 0 spiro atoms. The lowest BCUT2D eigenvalue weighted by molar-refractivity contribution is 0.0835. The van der Waals surface area contributed by atoms with Crippen molar-refractivity contribution in [3.05, 3.63) is 36.1 Å². The van der Waals surface area contributed by atoms with Crippen molar-refractivity contribution in [2.24, 2.45) is 0 Å². The minimum absolute atomic E-state index is 0.0221. The zero-order valence-corrected chi connectivity index (χ0v) is 12.1. The van der Waals surface area contributed by atoms with Gasteiger partial charge in [-0.2, -0.15) is 4.98 Å². The fourth-order valence-electron chi connectivity index (χ4n) is 2.60. The molecule has 4 heterocycles. The van der Waals surface area contributed by atoms with Crippen LogP contribution in [0.25, 0.3) is 11.0 Å². The number of rotatable bonds is 5. The Kier molecular flexibility index (Phi) is 3.48. The highest BCUT2D eigenvalue weighted by Crippen LogP contribution is 2.26. The SMILES string of the molecule is c1cc2ccc(NCCc3noc([C@H]4CCCO4)n3)nc2[nH]1. The summed E-state index contributed by atoms with van der Waals surface area (Å²) in [7, 11) is 0. The summed E-state index contributed by atoms with van der Waals surface area (Å²) in [5, 5.41) is 8.37. The molecule has 7 nitrogen and oxygen atoms in total. The first kappa shape index (κ1) is 13.3. The molecule has 0 unspecified atom stereocenters. The smallest absolute Gasteiger partial charge is 0.255 e. The predicted octanol–water partition coefficient (Wildman–Crippen LogP) is 2.45. The van der Waals surface area contributed by atoms with E-state index in [9.17, 15) is 0 Å². The molecule has 2 N–H and O–H groups in total. The molecule has 1 aliphatic heterocycles. The van der Waals surface area contributed by atoms with Crippen LogP contribution >= 0.6 is 0 Å². The van der Waals surface area contributed by atoms with Gasteiger partial charge in [0.1, 0.15) is 17.6 Å². The highest BCUT2D eigenvalue weighted by molar-refractivity contribution is 5.77. The standard InChI is InChI=1S/C15H17N5O2/c1-2-11(21-9-1)15-19-13(20-22-15)6-8-16-12-4-3-10-5-7-17-14(10)18-12/h3-5,7,11H,1-2,6,8-9H2,(H2,16,17,18)/t11-/m1/s1. The van der Waals surface area contributed by atoms with Crippen molar-refractivity contribution in [1.82, 2.24) is 20.1 Å². The molecule has 1 atom stereocenters. The Morgan fingerprint density at radius 1 is 1.27 bits per heavy atom. The molecular weight excluding hydrogens is 282 g/mol. The molecule has 7 heteroatoms. The summed E-state index contributed by atoms with van der Waals surface area (Å²) in [4.78, 5) is 12.0. The average Bonchev–Trinajstić information content (AvgIpc) is 3.28. The van der Waals surface area contributed by atoms with E-state index in [2.05, 4.69) is 25.4 Å². The molecule has 0 amide bonds. The number of aromatic nitrogens is 4. The van der Waals surface area contributed by atoms with Crippen molar-refractivity contribution in [2.75, 3.05) is 18.5 Å². The van der Waals surface area contributed by atoms with Crippen LogP contribution in [0.15, 0.2) is 28.9 Å². The maximum Gasteiger partial charge on any atom is 0.255 e. The van der Waals surface area contributed by atoms with Crippen molar-refractivity contribution < 1.29 is 9.26 Å². The third-order valence-electron chi connectivity index (χ3n) is 3.75. The van der Waals surface area contributed by atoms with E-state index in [1.54, 1.807) is 0 Å². The Hall–Kier alpha value is -2.41. The summed E-state index contributed by atoms with van der Waals surface area (Å²) in [5.41, 5.74) is 0.880. The molecule has 4 rings (SSSR count). The summed E-state index contributed by atoms with van der Waals surface area (Å²) < 4.78 is 10.8. The monoisotopic (exact) mass is 299 g/mol. The fourth-order valence-corrected chi connectivity index (χ4v) is 2.60. The maximum atomic E-state index is 5.53. The first-order valence-corrected chi connectivity index (χ1v) is 7.50. The number of hydrogen-bond donors (Lipinski definition) is 2. The van der Waals surface area contributed by atoms with Gasteiger partial charge in [-0.3, -0.25) is 0 Å². The Morgan fingerprint density at radius 3 is 3.18 bits per heavy atom. The van der Waals surface area contributed by atoms with Crippen molar-refractivity contribution in [3.63, 3.8) is 0 Å². The summed E-state index contributed by atoms with van der Waals surface area (Å²) in [6, 6.07) is 5.99. The summed E-state index contributed by atoms with van der Waals surface area (Å²) in [5.74, 6) is 2.12. The average molecular weight is 299 g/mol. The Morgan fingerprint density at radius 2 is 2.27 bits per heavy atom. The normalized spacial score (nSPS) is 18.1. The van der Waals surface area contributed by atoms with Crippen molar-refractivity contribution in [3.8, 4) is 0 Å². The second-order valence-corrected chi connectivity index (χ2v) is 5.34. The highest BCUT2D eigenvalue weighted by atomic mass is 16.5. The van der Waals surface area contributed by atoms with E-state index in [0.29, 0.717) is 24.7 Å². The van der Waals surface area contributed by atoms with Crippen LogP contribution in [0.1, 0.15) is 30.7 Å². The molecule has 0 bridgehead atoms. The molecular formula is C15H17N5O2. The Labute approximate surface area is 127 Å². The predicted molar refractivity (Wildman–Crippen MR) is 80.5 cm³/mol. The molecule has 0 radical (unpaired) electrons. The van der Waals surface area contributed by atoms with Gasteiger partial charge in [0, 0.05) is 31.2 Å². The van der Waals surface area contributed by atoms with E-state index in [1.807, 2.05) is 24.4 Å². The second kappa shape index (κ2) is 5.76. The number of aromatic amines is 1. The van der Waals surface area contributed by atoms with Gasteiger partial charge in [-0.15, -0.1) is 0 Å². The molecule has 3 aromatic rings. The van der Waals surface area contributed by atoms with Crippen LogP contribution < -0.4 is 5.32 Å². The van der Waals surface area contributed by atoms with Crippen LogP contribution in [0.3, 0.4) is 0 Å². The fraction of sp³-hybridized carbons (Fsp3) is 0.400. The van der Waals surface area contributed by atoms with Crippen molar-refractivity contribution >= 4 is 16.9 Å². The van der Waals surface area contributed by atoms with Gasteiger partial charge in [-0.1, -0.05) is 5.16 Å².